The van der Waals surface area contributed by atoms with Crippen LogP contribution in [0.25, 0.3) is 0 Å². The average molecular weight is 347 g/mol. The molecule has 2 aliphatic rings. The van der Waals surface area contributed by atoms with Gasteiger partial charge < -0.3 is 19.4 Å². The number of hydrogen-bond acceptors (Lipinski definition) is 6. The molecule has 0 saturated carbocycles. The summed E-state index contributed by atoms with van der Waals surface area (Å²) in [6.45, 7) is 3.47. The van der Waals surface area contributed by atoms with Crippen molar-refractivity contribution >= 4 is 17.6 Å². The van der Waals surface area contributed by atoms with E-state index in [-0.39, 0.29) is 18.4 Å². The van der Waals surface area contributed by atoms with Crippen molar-refractivity contribution in [3.63, 3.8) is 0 Å². The van der Waals surface area contributed by atoms with Gasteiger partial charge in [-0.15, -0.1) is 5.10 Å². The standard InChI is InChI=1S/C17H25N5O3/c1-25-14-5-2-3-8-22(17(14)24)13-16(23)21-11-9-20(10-12-21)15-6-4-7-18-19-15/h4,6-7,14H,2-3,5,8-13H2,1H3. The van der Waals surface area contributed by atoms with Gasteiger partial charge in [-0.3, -0.25) is 9.59 Å². The molecule has 8 heteroatoms. The maximum absolute atomic E-state index is 12.6. The lowest BCUT2D eigenvalue weighted by Gasteiger charge is -2.36. The molecule has 136 valence electrons. The topological polar surface area (TPSA) is 78.9 Å². The van der Waals surface area contributed by atoms with Crippen LogP contribution in [0, 0.1) is 0 Å². The van der Waals surface area contributed by atoms with Gasteiger partial charge in [-0.25, -0.2) is 0 Å². The quantitative estimate of drug-likeness (QED) is 0.772. The van der Waals surface area contributed by atoms with Gasteiger partial charge in [-0.1, -0.05) is 0 Å². The minimum Gasteiger partial charge on any atom is -0.372 e. The van der Waals surface area contributed by atoms with E-state index in [1.54, 1.807) is 18.2 Å². The lowest BCUT2D eigenvalue weighted by Crippen LogP contribution is -2.52. The number of carbonyl (C=O) groups excluding carboxylic acids is 2. The monoisotopic (exact) mass is 347 g/mol. The third-order valence-electron chi connectivity index (χ3n) is 4.86. The van der Waals surface area contributed by atoms with Gasteiger partial charge in [0.15, 0.2) is 5.82 Å². The molecule has 3 rings (SSSR count). The lowest BCUT2D eigenvalue weighted by atomic mass is 10.2. The van der Waals surface area contributed by atoms with E-state index in [4.69, 9.17) is 4.74 Å². The molecule has 2 saturated heterocycles. The Morgan fingerprint density at radius 2 is 2.04 bits per heavy atom. The summed E-state index contributed by atoms with van der Waals surface area (Å²) in [5.74, 6) is 0.774. The molecule has 1 aromatic rings. The summed E-state index contributed by atoms with van der Waals surface area (Å²) in [6.07, 6.45) is 3.83. The summed E-state index contributed by atoms with van der Waals surface area (Å²) in [7, 11) is 1.56. The van der Waals surface area contributed by atoms with Crippen molar-refractivity contribution in [1.29, 1.82) is 0 Å². The Hall–Kier alpha value is -2.22. The summed E-state index contributed by atoms with van der Waals surface area (Å²) in [5.41, 5.74) is 0. The Bertz CT molecular complexity index is 589. The molecule has 0 bridgehead atoms. The van der Waals surface area contributed by atoms with Gasteiger partial charge in [-0.05, 0) is 31.4 Å². The molecule has 2 amide bonds. The maximum Gasteiger partial charge on any atom is 0.252 e. The van der Waals surface area contributed by atoms with E-state index in [1.807, 2.05) is 17.0 Å². The predicted molar refractivity (Wildman–Crippen MR) is 92.1 cm³/mol. The van der Waals surface area contributed by atoms with Crippen molar-refractivity contribution in [1.82, 2.24) is 20.0 Å². The SMILES string of the molecule is COC1CCCCN(CC(=O)N2CCN(c3cccnn3)CC2)C1=O. The number of rotatable bonds is 4. The third kappa shape index (κ3) is 4.25. The van der Waals surface area contributed by atoms with Gasteiger partial charge >= 0.3 is 0 Å². The lowest BCUT2D eigenvalue weighted by molar-refractivity contribution is -0.146. The van der Waals surface area contributed by atoms with E-state index < -0.39 is 6.10 Å². The van der Waals surface area contributed by atoms with Crippen molar-refractivity contribution in [3.05, 3.63) is 18.3 Å². The molecule has 0 radical (unpaired) electrons. The van der Waals surface area contributed by atoms with Gasteiger partial charge in [0.1, 0.15) is 6.10 Å². The van der Waals surface area contributed by atoms with Gasteiger partial charge in [-0.2, -0.15) is 5.10 Å². The molecule has 2 fully saturated rings. The zero-order valence-electron chi connectivity index (χ0n) is 14.6. The number of hydrogen-bond donors (Lipinski definition) is 0. The molecule has 3 heterocycles. The van der Waals surface area contributed by atoms with Crippen LogP contribution in [0.15, 0.2) is 18.3 Å². The van der Waals surface area contributed by atoms with Crippen molar-refractivity contribution in [3.8, 4) is 0 Å². The number of likely N-dealkylation sites (tertiary alicyclic amines) is 1. The Morgan fingerprint density at radius 3 is 2.72 bits per heavy atom. The van der Waals surface area contributed by atoms with E-state index in [0.29, 0.717) is 19.6 Å². The number of methoxy groups -OCH3 is 1. The molecule has 1 atom stereocenters. The van der Waals surface area contributed by atoms with Crippen LogP contribution in [0.3, 0.4) is 0 Å². The van der Waals surface area contributed by atoms with Crippen LogP contribution >= 0.6 is 0 Å². The summed E-state index contributed by atoms with van der Waals surface area (Å²) >= 11 is 0. The van der Waals surface area contributed by atoms with Crippen molar-refractivity contribution < 1.29 is 14.3 Å². The Kier molecular flexibility index (Phi) is 5.80. The summed E-state index contributed by atoms with van der Waals surface area (Å²) < 4.78 is 5.27. The van der Waals surface area contributed by atoms with Crippen molar-refractivity contribution in [2.24, 2.45) is 0 Å². The van der Waals surface area contributed by atoms with E-state index in [1.165, 1.54) is 0 Å². The first-order chi connectivity index (χ1) is 12.2. The summed E-state index contributed by atoms with van der Waals surface area (Å²) in [5, 5.41) is 8.01. The molecule has 0 aliphatic carbocycles. The highest BCUT2D eigenvalue weighted by molar-refractivity contribution is 5.87. The highest BCUT2D eigenvalue weighted by Gasteiger charge is 2.30. The first-order valence-electron chi connectivity index (χ1n) is 8.81. The average Bonchev–Trinajstić information content (AvgIpc) is 2.84. The number of piperazine rings is 1. The fraction of sp³-hybridized carbons (Fsp3) is 0.647. The summed E-state index contributed by atoms with van der Waals surface area (Å²) in [4.78, 5) is 30.6. The van der Waals surface area contributed by atoms with Gasteiger partial charge in [0.2, 0.25) is 5.91 Å². The second kappa shape index (κ2) is 8.24. The molecule has 25 heavy (non-hydrogen) atoms. The maximum atomic E-state index is 12.6. The minimum absolute atomic E-state index is 0.00361. The first-order valence-corrected chi connectivity index (χ1v) is 8.81. The van der Waals surface area contributed by atoms with Crippen LogP contribution in [-0.4, -0.2) is 84.3 Å². The first kappa shape index (κ1) is 17.6. The second-order valence-electron chi connectivity index (χ2n) is 6.43. The van der Waals surface area contributed by atoms with Crippen molar-refractivity contribution in [2.75, 3.05) is 51.3 Å². The largest absolute Gasteiger partial charge is 0.372 e. The highest BCUT2D eigenvalue weighted by atomic mass is 16.5. The smallest absolute Gasteiger partial charge is 0.252 e. The van der Waals surface area contributed by atoms with Gasteiger partial charge in [0, 0.05) is 46.0 Å². The number of ether oxygens (including phenoxy) is 1. The molecular formula is C17H25N5O3. The fourth-order valence-corrected chi connectivity index (χ4v) is 3.36. The van der Waals surface area contributed by atoms with E-state index in [2.05, 4.69) is 15.1 Å². The molecule has 1 unspecified atom stereocenters. The molecule has 0 N–H and O–H groups in total. The molecule has 8 nitrogen and oxygen atoms in total. The van der Waals surface area contributed by atoms with Crippen LogP contribution in [0.1, 0.15) is 19.3 Å². The number of nitrogens with zero attached hydrogens (tertiary/aromatic N) is 5. The second-order valence-corrected chi connectivity index (χ2v) is 6.43. The van der Waals surface area contributed by atoms with Crippen LogP contribution in [0.4, 0.5) is 5.82 Å². The van der Waals surface area contributed by atoms with Crippen molar-refractivity contribution in [2.45, 2.75) is 25.4 Å². The number of aromatic nitrogens is 2. The molecule has 0 aromatic carbocycles. The predicted octanol–water partition coefficient (Wildman–Crippen LogP) is 0.153. The zero-order valence-corrected chi connectivity index (χ0v) is 14.6. The van der Waals surface area contributed by atoms with Crippen LogP contribution < -0.4 is 4.90 Å². The molecule has 0 spiro atoms. The highest BCUT2D eigenvalue weighted by Crippen LogP contribution is 2.16. The normalized spacial score (nSPS) is 22.0. The minimum atomic E-state index is -0.413. The van der Waals surface area contributed by atoms with Gasteiger partial charge in [0.25, 0.3) is 5.91 Å². The van der Waals surface area contributed by atoms with Gasteiger partial charge in [0.05, 0.1) is 6.54 Å². The van der Waals surface area contributed by atoms with Crippen LogP contribution in [0.2, 0.25) is 0 Å². The number of amides is 2. The third-order valence-corrected chi connectivity index (χ3v) is 4.86. The fourth-order valence-electron chi connectivity index (χ4n) is 3.36. The van der Waals surface area contributed by atoms with Crippen LogP contribution in [-0.2, 0) is 14.3 Å². The molecule has 1 aromatic heterocycles. The van der Waals surface area contributed by atoms with Crippen LogP contribution in [0.5, 0.6) is 0 Å². The number of carbonyl (C=O) groups is 2. The van der Waals surface area contributed by atoms with E-state index in [0.717, 1.165) is 38.2 Å². The Morgan fingerprint density at radius 1 is 1.24 bits per heavy atom. The summed E-state index contributed by atoms with van der Waals surface area (Å²) in [6, 6.07) is 3.78. The van der Waals surface area contributed by atoms with E-state index in [9.17, 15) is 9.59 Å². The van der Waals surface area contributed by atoms with E-state index >= 15 is 0 Å². The zero-order chi connectivity index (χ0) is 17.6. The Labute approximate surface area is 147 Å². The Balaban J connectivity index is 1.53. The molecule has 2 aliphatic heterocycles. The number of anilines is 1. The molecular weight excluding hydrogens is 322 g/mol.